The molecule has 0 bridgehead atoms. The Morgan fingerprint density at radius 1 is 0.125 bits per heavy atom. The maximum Gasteiger partial charge on any atom is 0.0725 e. The van der Waals surface area contributed by atoms with Gasteiger partial charge in [0.05, 0.1) is 83.8 Å². The van der Waals surface area contributed by atoms with Crippen LogP contribution in [0.15, 0.2) is 419 Å². The molecule has 0 aliphatic rings. The van der Waals surface area contributed by atoms with Crippen molar-refractivity contribution in [2.45, 2.75) is 0 Å². The van der Waals surface area contributed by atoms with Crippen LogP contribution < -0.4 is 0 Å². The highest BCUT2D eigenvalue weighted by Crippen LogP contribution is 2.39. The third kappa shape index (κ3) is 13.7. The number of aromatic nitrogens is 9. The number of hydrogen-bond donors (Lipinski definition) is 0. The van der Waals surface area contributed by atoms with E-state index in [0.717, 1.165) is 199 Å². The van der Waals surface area contributed by atoms with E-state index in [1.54, 1.807) is 0 Å². The highest BCUT2D eigenvalue weighted by molar-refractivity contribution is 6.14. The van der Waals surface area contributed by atoms with Gasteiger partial charge in [-0.15, -0.1) is 0 Å². The predicted molar refractivity (Wildman–Crippen MR) is 498 cm³/mol. The van der Waals surface area contributed by atoms with Gasteiger partial charge in [0.1, 0.15) is 0 Å². The number of fused-ring (bicyclic) bond motifs is 13. The Labute approximate surface area is 690 Å². The number of benzene rings is 15. The van der Waals surface area contributed by atoms with E-state index in [9.17, 15) is 0 Å². The van der Waals surface area contributed by atoms with Gasteiger partial charge in [0.15, 0.2) is 0 Å². The fraction of sp³-hybridized carbons (Fsp3) is 0. The van der Waals surface area contributed by atoms with Crippen LogP contribution in [0.2, 0.25) is 0 Å². The van der Waals surface area contributed by atoms with Gasteiger partial charge in [-0.05, 0) is 199 Å². The topological polar surface area (TPSA) is 116 Å². The van der Waals surface area contributed by atoms with Crippen LogP contribution in [0.5, 0.6) is 0 Å². The molecule has 0 fully saturated rings. The Morgan fingerprint density at radius 2 is 0.425 bits per heavy atom. The second kappa shape index (κ2) is 30.2. The highest BCUT2D eigenvalue weighted by atomic mass is 14.8. The van der Waals surface area contributed by atoms with Crippen molar-refractivity contribution in [1.29, 1.82) is 0 Å². The van der Waals surface area contributed by atoms with E-state index in [4.69, 9.17) is 29.9 Å². The van der Waals surface area contributed by atoms with Crippen LogP contribution in [0.25, 0.3) is 231 Å². The van der Waals surface area contributed by atoms with Crippen LogP contribution in [-0.2, 0) is 0 Å². The van der Waals surface area contributed by atoms with Crippen LogP contribution in [-0.4, -0.2) is 44.9 Å². The molecule has 0 spiro atoms. The summed E-state index contributed by atoms with van der Waals surface area (Å²) in [7, 11) is 0. The summed E-state index contributed by atoms with van der Waals surface area (Å²) < 4.78 is 0. The van der Waals surface area contributed by atoms with Crippen LogP contribution in [0.4, 0.5) is 0 Å². The molecule has 0 saturated heterocycles. The molecule has 0 unspecified atom stereocenters. The Balaban J connectivity index is 0.000000109. The van der Waals surface area contributed by atoms with Crippen molar-refractivity contribution in [1.82, 2.24) is 44.9 Å². The summed E-state index contributed by atoms with van der Waals surface area (Å²) in [5.74, 6) is 0. The van der Waals surface area contributed by atoms with E-state index in [2.05, 4.69) is 343 Å². The van der Waals surface area contributed by atoms with E-state index < -0.39 is 0 Å². The van der Waals surface area contributed by atoms with Crippen molar-refractivity contribution >= 4 is 130 Å². The lowest BCUT2D eigenvalue weighted by Crippen LogP contribution is -1.90. The zero-order chi connectivity index (χ0) is 79.4. The van der Waals surface area contributed by atoms with Gasteiger partial charge in [-0.2, -0.15) is 0 Å². The monoisotopic (exact) mass is 1530 g/mol. The molecule has 24 aromatic rings. The van der Waals surface area contributed by atoms with Crippen molar-refractivity contribution < 1.29 is 0 Å². The minimum atomic E-state index is 0.921. The number of para-hydroxylation sites is 3. The standard InChI is InChI=1S/C41H25N3.C37H23N3.C33H21N3/c1-3-9-33-29(7-1)23-36(35-11-5-4-10-34(33)35)40-20-17-31-21-27(16-19-38(31)43-40)28-14-13-26-15-18-39(44-41(26)24-28)32-22-30-8-2-6-12-37(30)42-25-32;1-3-9-31-24(6-1)8-5-10-32(31)36-19-16-29-20-26(15-18-34(29)39-36)27-13-12-25-14-17-35(40-37(25)22-27)30-21-28-7-2-4-11-33(28)38-23-30;1-2-6-22(7-3-1)30-17-14-27-18-24(13-16-31(27)35-30)25-11-10-23-12-15-32(36-33(23)20-25)28-19-26-8-4-5-9-29(26)34-21-28/h1-25H;1-23H;1-21H. The SMILES string of the molecule is c1ccc(-c2ccc3cc(-c4ccc5ccc(-c6cnc7ccccc7c6)nc5c4)ccc3n2)cc1.c1ccc2ncc(-c3ccc4ccc(-c5ccc6nc(-c7cc8ccccc8c8ccccc78)ccc6c5)cc4n3)cc2c1.c1ccc2ncc(-c3ccc4ccc(-c5ccc6nc(-c7cccc8ccccc78)ccc6c5)cc4n3)cc2c1. The predicted octanol–water partition coefficient (Wildman–Crippen LogP) is 28.5. The number of nitrogens with zero attached hydrogens (tertiary/aromatic N) is 9. The summed E-state index contributed by atoms with van der Waals surface area (Å²) in [5.41, 5.74) is 27.9. The molecule has 9 heterocycles. The normalized spacial score (nSPS) is 11.5. The molecule has 9 heteroatoms. The zero-order valence-corrected chi connectivity index (χ0v) is 64.9. The van der Waals surface area contributed by atoms with Gasteiger partial charge in [-0.3, -0.25) is 15.0 Å². The Hall–Kier alpha value is -16.2. The molecule has 0 atom stereocenters. The Bertz CT molecular complexity index is 8200. The molecule has 9 aromatic heterocycles. The second-order valence-electron chi connectivity index (χ2n) is 30.5. The maximum absolute atomic E-state index is 5.14. The van der Waals surface area contributed by atoms with E-state index in [0.29, 0.717) is 0 Å². The van der Waals surface area contributed by atoms with Crippen molar-refractivity contribution in [2.24, 2.45) is 0 Å². The first kappa shape index (κ1) is 70.4. The fourth-order valence-electron chi connectivity index (χ4n) is 16.7. The van der Waals surface area contributed by atoms with Gasteiger partial charge < -0.3 is 0 Å². The van der Waals surface area contributed by atoms with Gasteiger partial charge in [-0.1, -0.05) is 267 Å². The first-order valence-electron chi connectivity index (χ1n) is 40.3. The average Bonchev–Trinajstić information content (AvgIpc) is 0.757. The van der Waals surface area contributed by atoms with Crippen LogP contribution in [0.1, 0.15) is 0 Å². The highest BCUT2D eigenvalue weighted by Gasteiger charge is 2.16. The fourth-order valence-corrected chi connectivity index (χ4v) is 16.7. The van der Waals surface area contributed by atoms with Crippen LogP contribution in [0, 0.1) is 0 Å². The van der Waals surface area contributed by atoms with E-state index in [1.165, 1.54) is 32.3 Å². The first-order chi connectivity index (χ1) is 59.3. The number of pyridine rings is 9. The molecule has 9 nitrogen and oxygen atoms in total. The summed E-state index contributed by atoms with van der Waals surface area (Å²) in [6.45, 7) is 0. The van der Waals surface area contributed by atoms with Crippen molar-refractivity contribution in [3.63, 3.8) is 0 Å². The Morgan fingerprint density at radius 3 is 0.892 bits per heavy atom. The Kier molecular flexibility index (Phi) is 17.7. The quantitative estimate of drug-likeness (QED) is 0.130. The summed E-state index contributed by atoms with van der Waals surface area (Å²) in [6.07, 6.45) is 5.72. The number of rotatable bonds is 9. The largest absolute Gasteiger partial charge is 0.256 e. The van der Waals surface area contributed by atoms with Gasteiger partial charge in [0.25, 0.3) is 0 Å². The molecule has 24 rings (SSSR count). The summed E-state index contributed by atoms with van der Waals surface area (Å²) in [4.78, 5) is 44.0. The summed E-state index contributed by atoms with van der Waals surface area (Å²) >= 11 is 0. The molecular formula is C111H69N9. The molecule has 0 aliphatic carbocycles. The third-order valence-electron chi connectivity index (χ3n) is 23.0. The zero-order valence-electron chi connectivity index (χ0n) is 64.9. The smallest absolute Gasteiger partial charge is 0.0725 e. The molecule has 0 amide bonds. The second-order valence-corrected chi connectivity index (χ2v) is 30.5. The van der Waals surface area contributed by atoms with Crippen molar-refractivity contribution in [2.75, 3.05) is 0 Å². The van der Waals surface area contributed by atoms with E-state index >= 15 is 0 Å². The van der Waals surface area contributed by atoms with Crippen molar-refractivity contribution in [3.05, 3.63) is 419 Å². The molecular weight excluding hydrogens is 1460 g/mol. The summed E-state index contributed by atoms with van der Waals surface area (Å²) in [5, 5.41) is 17.4. The number of hydrogen-bond acceptors (Lipinski definition) is 9. The molecule has 0 N–H and O–H groups in total. The molecule has 0 radical (unpaired) electrons. The minimum absolute atomic E-state index is 0.921. The lowest BCUT2D eigenvalue weighted by atomic mass is 9.95. The van der Waals surface area contributed by atoms with Crippen LogP contribution in [0.3, 0.4) is 0 Å². The van der Waals surface area contributed by atoms with Crippen LogP contribution >= 0.6 is 0 Å². The van der Waals surface area contributed by atoms with Gasteiger partial charge in [-0.25, -0.2) is 29.9 Å². The van der Waals surface area contributed by atoms with E-state index in [1.807, 2.05) is 91.4 Å². The molecule has 15 aromatic carbocycles. The summed E-state index contributed by atoms with van der Waals surface area (Å²) in [6, 6.07) is 140. The van der Waals surface area contributed by atoms with Gasteiger partial charge in [0, 0.05) is 100 Å². The van der Waals surface area contributed by atoms with Gasteiger partial charge >= 0.3 is 0 Å². The van der Waals surface area contributed by atoms with Gasteiger partial charge in [0.2, 0.25) is 0 Å². The maximum atomic E-state index is 5.14. The molecule has 0 saturated carbocycles. The third-order valence-corrected chi connectivity index (χ3v) is 23.0. The molecule has 120 heavy (non-hydrogen) atoms. The first-order valence-corrected chi connectivity index (χ1v) is 40.3. The molecule has 558 valence electrons. The molecule has 0 aliphatic heterocycles. The lowest BCUT2D eigenvalue weighted by Gasteiger charge is -2.12. The average molecular weight is 1530 g/mol. The minimum Gasteiger partial charge on any atom is -0.256 e. The lowest BCUT2D eigenvalue weighted by molar-refractivity contribution is 1.35. The van der Waals surface area contributed by atoms with E-state index in [-0.39, 0.29) is 0 Å². The van der Waals surface area contributed by atoms with Crippen molar-refractivity contribution in [3.8, 4) is 101 Å².